The molecule has 1 rings (SSSR count). The molecule has 1 aliphatic heterocycles. The van der Waals surface area contributed by atoms with Crippen LogP contribution in [0.15, 0.2) is 0 Å². The van der Waals surface area contributed by atoms with Gasteiger partial charge in [0.2, 0.25) is 5.91 Å². The van der Waals surface area contributed by atoms with Crippen molar-refractivity contribution in [1.82, 2.24) is 10.2 Å². The molecule has 0 aromatic rings. The second-order valence-electron chi connectivity index (χ2n) is 3.76. The highest BCUT2D eigenvalue weighted by molar-refractivity contribution is 5.73. The zero-order valence-electron chi connectivity index (χ0n) is 8.34. The molecule has 4 heteroatoms. The Kier molecular flexibility index (Phi) is 3.27. The van der Waals surface area contributed by atoms with Gasteiger partial charge in [-0.15, -0.1) is 0 Å². The van der Waals surface area contributed by atoms with Crippen LogP contribution in [-0.2, 0) is 4.79 Å². The lowest BCUT2D eigenvalue weighted by atomic mass is 9.91. The number of aliphatic hydroxyl groups is 1. The fraction of sp³-hybridized carbons (Fsp3) is 0.889. The van der Waals surface area contributed by atoms with Gasteiger partial charge in [0, 0.05) is 26.6 Å². The maximum atomic E-state index is 11.0. The highest BCUT2D eigenvalue weighted by atomic mass is 16.3. The minimum atomic E-state index is -0.610. The molecule has 0 aromatic heterocycles. The van der Waals surface area contributed by atoms with Gasteiger partial charge in [0.1, 0.15) is 0 Å². The number of rotatable bonds is 2. The molecular weight excluding hydrogens is 168 g/mol. The van der Waals surface area contributed by atoms with Gasteiger partial charge >= 0.3 is 0 Å². The van der Waals surface area contributed by atoms with Crippen LogP contribution in [0.1, 0.15) is 19.8 Å². The van der Waals surface area contributed by atoms with Gasteiger partial charge in [0.05, 0.1) is 5.60 Å². The maximum Gasteiger partial charge on any atom is 0.219 e. The first kappa shape index (κ1) is 10.5. The summed E-state index contributed by atoms with van der Waals surface area (Å²) in [7, 11) is 1.83. The zero-order valence-corrected chi connectivity index (χ0v) is 8.34. The Labute approximate surface area is 78.9 Å². The minimum absolute atomic E-state index is 0.103. The lowest BCUT2D eigenvalue weighted by molar-refractivity contribution is -0.132. The largest absolute Gasteiger partial charge is 0.388 e. The van der Waals surface area contributed by atoms with Crippen LogP contribution in [0.2, 0.25) is 0 Å². The van der Waals surface area contributed by atoms with Crippen molar-refractivity contribution in [3.63, 3.8) is 0 Å². The lowest BCUT2D eigenvalue weighted by Gasteiger charge is -2.37. The highest BCUT2D eigenvalue weighted by Crippen LogP contribution is 2.21. The summed E-state index contributed by atoms with van der Waals surface area (Å²) in [5.74, 6) is 0.103. The van der Waals surface area contributed by atoms with Crippen molar-refractivity contribution >= 4 is 5.91 Å². The van der Waals surface area contributed by atoms with E-state index in [4.69, 9.17) is 0 Å². The van der Waals surface area contributed by atoms with Crippen molar-refractivity contribution < 1.29 is 9.90 Å². The van der Waals surface area contributed by atoms with Gasteiger partial charge in [-0.2, -0.15) is 0 Å². The molecule has 0 radical (unpaired) electrons. The van der Waals surface area contributed by atoms with Gasteiger partial charge in [-0.05, 0) is 19.9 Å². The Bertz CT molecular complexity index is 186. The molecule has 2 N–H and O–H groups in total. The van der Waals surface area contributed by atoms with E-state index in [-0.39, 0.29) is 5.91 Å². The van der Waals surface area contributed by atoms with Gasteiger partial charge in [-0.25, -0.2) is 0 Å². The Balaban J connectivity index is 2.41. The first-order valence-corrected chi connectivity index (χ1v) is 4.70. The van der Waals surface area contributed by atoms with Gasteiger partial charge in [0.15, 0.2) is 0 Å². The van der Waals surface area contributed by atoms with E-state index in [2.05, 4.69) is 5.32 Å². The van der Waals surface area contributed by atoms with Crippen LogP contribution in [0.4, 0.5) is 0 Å². The average Bonchev–Trinajstić information content (AvgIpc) is 2.05. The van der Waals surface area contributed by atoms with Crippen LogP contribution in [0.25, 0.3) is 0 Å². The van der Waals surface area contributed by atoms with E-state index >= 15 is 0 Å². The average molecular weight is 186 g/mol. The molecule has 1 aliphatic rings. The number of likely N-dealkylation sites (N-methyl/N-ethyl adjacent to an activating group) is 1. The number of hydrogen-bond donors (Lipinski definition) is 2. The van der Waals surface area contributed by atoms with Crippen LogP contribution in [0.5, 0.6) is 0 Å². The van der Waals surface area contributed by atoms with Crippen LogP contribution < -0.4 is 5.32 Å². The summed E-state index contributed by atoms with van der Waals surface area (Å²) in [6, 6.07) is 0. The first-order valence-electron chi connectivity index (χ1n) is 4.70. The third-order valence-corrected chi connectivity index (χ3v) is 2.65. The Morgan fingerprint density at radius 3 is 2.46 bits per heavy atom. The summed E-state index contributed by atoms with van der Waals surface area (Å²) in [5.41, 5.74) is -0.610. The van der Waals surface area contributed by atoms with Crippen molar-refractivity contribution in [2.24, 2.45) is 0 Å². The van der Waals surface area contributed by atoms with Crippen LogP contribution in [0, 0.1) is 0 Å². The van der Waals surface area contributed by atoms with Gasteiger partial charge in [-0.3, -0.25) is 4.79 Å². The summed E-state index contributed by atoms with van der Waals surface area (Å²) in [6.07, 6.45) is 1.35. The smallest absolute Gasteiger partial charge is 0.219 e. The zero-order chi connectivity index (χ0) is 9.90. The fourth-order valence-electron chi connectivity index (χ4n) is 1.74. The molecule has 13 heavy (non-hydrogen) atoms. The molecule has 0 bridgehead atoms. The van der Waals surface area contributed by atoms with E-state index in [0.717, 1.165) is 0 Å². The molecular formula is C9H18N2O2. The van der Waals surface area contributed by atoms with Crippen molar-refractivity contribution in [2.75, 3.05) is 26.7 Å². The summed E-state index contributed by atoms with van der Waals surface area (Å²) in [6.45, 7) is 3.53. The number of nitrogens with one attached hydrogen (secondary N) is 1. The van der Waals surface area contributed by atoms with Crippen molar-refractivity contribution in [1.29, 1.82) is 0 Å². The fourth-order valence-corrected chi connectivity index (χ4v) is 1.74. The third-order valence-electron chi connectivity index (χ3n) is 2.65. The third kappa shape index (κ3) is 2.67. The normalized spacial score (nSPS) is 21.6. The molecule has 1 saturated heterocycles. The Hall–Kier alpha value is -0.610. The van der Waals surface area contributed by atoms with E-state index in [1.807, 2.05) is 7.05 Å². The summed E-state index contributed by atoms with van der Waals surface area (Å²) in [5, 5.41) is 12.9. The number of likely N-dealkylation sites (tertiary alicyclic amines) is 1. The Morgan fingerprint density at radius 1 is 1.54 bits per heavy atom. The molecule has 0 spiro atoms. The van der Waals surface area contributed by atoms with Gasteiger partial charge in [-0.1, -0.05) is 0 Å². The molecule has 0 saturated carbocycles. The number of carbonyl (C=O) groups is 1. The van der Waals surface area contributed by atoms with Crippen LogP contribution in [-0.4, -0.2) is 48.2 Å². The van der Waals surface area contributed by atoms with Gasteiger partial charge < -0.3 is 15.3 Å². The number of carbonyl (C=O) groups excluding carboxylic acids is 1. The van der Waals surface area contributed by atoms with Crippen LogP contribution in [0.3, 0.4) is 0 Å². The van der Waals surface area contributed by atoms with E-state index in [0.29, 0.717) is 32.5 Å². The summed E-state index contributed by atoms with van der Waals surface area (Å²) >= 11 is 0. The number of hydrogen-bond acceptors (Lipinski definition) is 3. The molecule has 4 nitrogen and oxygen atoms in total. The molecule has 0 atom stereocenters. The molecule has 0 aromatic carbocycles. The lowest BCUT2D eigenvalue weighted by Crippen LogP contribution is -2.50. The topological polar surface area (TPSA) is 52.6 Å². The number of nitrogens with zero attached hydrogens (tertiary/aromatic N) is 1. The summed E-state index contributed by atoms with van der Waals surface area (Å²) in [4.78, 5) is 12.8. The van der Waals surface area contributed by atoms with Crippen molar-refractivity contribution in [3.8, 4) is 0 Å². The molecule has 1 amide bonds. The first-order chi connectivity index (χ1) is 6.07. The second kappa shape index (κ2) is 4.07. The molecule has 0 unspecified atom stereocenters. The Morgan fingerprint density at radius 2 is 2.08 bits per heavy atom. The van der Waals surface area contributed by atoms with Crippen molar-refractivity contribution in [3.05, 3.63) is 0 Å². The number of amides is 1. The monoisotopic (exact) mass is 186 g/mol. The quantitative estimate of drug-likeness (QED) is 0.616. The van der Waals surface area contributed by atoms with Gasteiger partial charge in [0.25, 0.3) is 0 Å². The molecule has 1 heterocycles. The van der Waals surface area contributed by atoms with E-state index in [1.165, 1.54) is 0 Å². The standard InChI is InChI=1S/C9H18N2O2/c1-8(12)11-5-3-9(13,4-6-11)7-10-2/h10,13H,3-7H2,1-2H3. The summed E-state index contributed by atoms with van der Waals surface area (Å²) < 4.78 is 0. The molecule has 1 fully saturated rings. The SMILES string of the molecule is CNCC1(O)CCN(C(C)=O)CC1. The molecule has 76 valence electrons. The maximum absolute atomic E-state index is 11.0. The van der Waals surface area contributed by atoms with Crippen LogP contribution >= 0.6 is 0 Å². The molecule has 0 aliphatic carbocycles. The minimum Gasteiger partial charge on any atom is -0.388 e. The van der Waals surface area contributed by atoms with Crippen molar-refractivity contribution in [2.45, 2.75) is 25.4 Å². The predicted molar refractivity (Wildman–Crippen MR) is 50.4 cm³/mol. The second-order valence-corrected chi connectivity index (χ2v) is 3.76. The van der Waals surface area contributed by atoms with E-state index < -0.39 is 5.60 Å². The van der Waals surface area contributed by atoms with E-state index in [9.17, 15) is 9.90 Å². The predicted octanol–water partition coefficient (Wildman–Crippen LogP) is -0.421. The van der Waals surface area contributed by atoms with E-state index in [1.54, 1.807) is 11.8 Å². The highest BCUT2D eigenvalue weighted by Gasteiger charge is 2.32. The number of piperidine rings is 1.